The molecule has 2 fully saturated rings. The maximum absolute atomic E-state index is 11.9. The van der Waals surface area contributed by atoms with E-state index in [1.807, 2.05) is 6.92 Å². The third-order valence-electron chi connectivity index (χ3n) is 4.03. The summed E-state index contributed by atoms with van der Waals surface area (Å²) in [7, 11) is 0. The van der Waals surface area contributed by atoms with Crippen molar-refractivity contribution in [3.63, 3.8) is 0 Å². The number of aromatic nitrogens is 2. The van der Waals surface area contributed by atoms with Gasteiger partial charge in [0.25, 0.3) is 5.91 Å². The maximum atomic E-state index is 11.9. The zero-order valence-corrected chi connectivity index (χ0v) is 10.2. The van der Waals surface area contributed by atoms with Crippen LogP contribution in [0.3, 0.4) is 0 Å². The molecule has 4 nitrogen and oxygen atoms in total. The van der Waals surface area contributed by atoms with Crippen molar-refractivity contribution >= 4 is 5.91 Å². The lowest BCUT2D eigenvalue weighted by molar-refractivity contribution is 0.0943. The molecule has 3 rings (SSSR count). The van der Waals surface area contributed by atoms with Crippen LogP contribution in [0, 0.1) is 24.7 Å². The van der Waals surface area contributed by atoms with Crippen LogP contribution in [-0.4, -0.2) is 22.6 Å². The van der Waals surface area contributed by atoms with Crippen molar-refractivity contribution in [2.45, 2.75) is 32.6 Å². The fraction of sp³-hybridized carbons (Fsp3) is 0.692. The van der Waals surface area contributed by atoms with Gasteiger partial charge in [0, 0.05) is 12.2 Å². The molecule has 1 amide bonds. The van der Waals surface area contributed by atoms with Gasteiger partial charge in [0.2, 0.25) is 0 Å². The molecule has 17 heavy (non-hydrogen) atoms. The Bertz CT molecular complexity index is 406. The van der Waals surface area contributed by atoms with Gasteiger partial charge in [0.1, 0.15) is 0 Å². The fourth-order valence-electron chi connectivity index (χ4n) is 2.65. The Morgan fingerprint density at radius 2 is 2.12 bits per heavy atom. The molecule has 0 aliphatic heterocycles. The highest BCUT2D eigenvalue weighted by Crippen LogP contribution is 2.48. The standard InChI is InChI=1S/C13H19N3O/c1-8-11(7-15-16-8)13(17)14-6-12(9-2-3-9)10-4-5-10/h7,9-10,12H,2-6H2,1H3,(H,14,17)(H,15,16). The first-order valence-corrected chi connectivity index (χ1v) is 6.54. The van der Waals surface area contributed by atoms with Crippen molar-refractivity contribution in [2.75, 3.05) is 6.54 Å². The average molecular weight is 233 g/mol. The second kappa shape index (κ2) is 4.17. The number of amides is 1. The molecule has 0 saturated heterocycles. The highest BCUT2D eigenvalue weighted by molar-refractivity contribution is 5.94. The van der Waals surface area contributed by atoms with E-state index in [-0.39, 0.29) is 5.91 Å². The van der Waals surface area contributed by atoms with Crippen LogP contribution in [0.4, 0.5) is 0 Å². The number of carbonyl (C=O) groups is 1. The molecular weight excluding hydrogens is 214 g/mol. The van der Waals surface area contributed by atoms with Gasteiger partial charge in [-0.3, -0.25) is 9.89 Å². The molecule has 92 valence electrons. The Labute approximate surface area is 101 Å². The Morgan fingerprint density at radius 1 is 1.47 bits per heavy atom. The van der Waals surface area contributed by atoms with Crippen LogP contribution in [0.15, 0.2) is 6.20 Å². The van der Waals surface area contributed by atoms with E-state index in [1.165, 1.54) is 25.7 Å². The van der Waals surface area contributed by atoms with Crippen LogP contribution in [0.5, 0.6) is 0 Å². The third kappa shape index (κ3) is 2.35. The van der Waals surface area contributed by atoms with Crippen LogP contribution in [0.25, 0.3) is 0 Å². The third-order valence-corrected chi connectivity index (χ3v) is 4.03. The van der Waals surface area contributed by atoms with E-state index in [0.29, 0.717) is 5.56 Å². The van der Waals surface area contributed by atoms with E-state index in [4.69, 9.17) is 0 Å². The molecule has 1 aromatic heterocycles. The van der Waals surface area contributed by atoms with Gasteiger partial charge in [-0.1, -0.05) is 0 Å². The van der Waals surface area contributed by atoms with Crippen molar-refractivity contribution in [3.05, 3.63) is 17.5 Å². The summed E-state index contributed by atoms with van der Waals surface area (Å²) in [5, 5.41) is 9.75. The molecule has 2 aliphatic rings. The molecule has 2 aliphatic carbocycles. The molecule has 2 saturated carbocycles. The highest BCUT2D eigenvalue weighted by atomic mass is 16.1. The Morgan fingerprint density at radius 3 is 2.59 bits per heavy atom. The predicted octanol–water partition coefficient (Wildman–Crippen LogP) is 1.88. The van der Waals surface area contributed by atoms with Crippen molar-refractivity contribution < 1.29 is 4.79 Å². The van der Waals surface area contributed by atoms with E-state index < -0.39 is 0 Å². The minimum absolute atomic E-state index is 0.0163. The van der Waals surface area contributed by atoms with E-state index in [9.17, 15) is 4.79 Å². The van der Waals surface area contributed by atoms with Gasteiger partial charge >= 0.3 is 0 Å². The molecule has 0 aromatic carbocycles. The number of aromatic amines is 1. The Kier molecular flexibility index (Phi) is 2.65. The zero-order valence-electron chi connectivity index (χ0n) is 10.2. The minimum Gasteiger partial charge on any atom is -0.352 e. The second-order valence-corrected chi connectivity index (χ2v) is 5.46. The quantitative estimate of drug-likeness (QED) is 0.816. The highest BCUT2D eigenvalue weighted by Gasteiger charge is 2.41. The molecule has 1 heterocycles. The molecule has 0 spiro atoms. The lowest BCUT2D eigenvalue weighted by Gasteiger charge is -2.15. The topological polar surface area (TPSA) is 57.8 Å². The lowest BCUT2D eigenvalue weighted by Crippen LogP contribution is -2.31. The van der Waals surface area contributed by atoms with Crippen LogP contribution in [0.2, 0.25) is 0 Å². The number of aryl methyl sites for hydroxylation is 1. The molecule has 0 atom stereocenters. The van der Waals surface area contributed by atoms with E-state index in [2.05, 4.69) is 15.5 Å². The predicted molar refractivity (Wildman–Crippen MR) is 64.6 cm³/mol. The maximum Gasteiger partial charge on any atom is 0.254 e. The molecule has 0 bridgehead atoms. The van der Waals surface area contributed by atoms with Gasteiger partial charge in [0.15, 0.2) is 0 Å². The SMILES string of the molecule is Cc1[nH]ncc1C(=O)NCC(C1CC1)C1CC1. The Hall–Kier alpha value is -1.32. The molecule has 4 heteroatoms. The van der Waals surface area contributed by atoms with Crippen molar-refractivity contribution in [3.8, 4) is 0 Å². The largest absolute Gasteiger partial charge is 0.352 e. The number of H-pyrrole nitrogens is 1. The summed E-state index contributed by atoms with van der Waals surface area (Å²) in [5.74, 6) is 2.51. The van der Waals surface area contributed by atoms with Crippen LogP contribution in [0.1, 0.15) is 41.7 Å². The molecule has 0 unspecified atom stereocenters. The molecule has 2 N–H and O–H groups in total. The summed E-state index contributed by atoms with van der Waals surface area (Å²) >= 11 is 0. The smallest absolute Gasteiger partial charge is 0.254 e. The summed E-state index contributed by atoms with van der Waals surface area (Å²) in [4.78, 5) is 11.9. The van der Waals surface area contributed by atoms with Gasteiger partial charge < -0.3 is 5.32 Å². The number of rotatable bonds is 5. The van der Waals surface area contributed by atoms with Gasteiger partial charge in [-0.05, 0) is 50.4 Å². The van der Waals surface area contributed by atoms with E-state index in [0.717, 1.165) is 30.0 Å². The number of carbonyl (C=O) groups excluding carboxylic acids is 1. The molecular formula is C13H19N3O. The summed E-state index contributed by atoms with van der Waals surface area (Å²) in [5.41, 5.74) is 1.52. The van der Waals surface area contributed by atoms with Crippen LogP contribution in [-0.2, 0) is 0 Å². The first-order valence-electron chi connectivity index (χ1n) is 6.54. The summed E-state index contributed by atoms with van der Waals surface area (Å²) in [6.07, 6.45) is 7.06. The zero-order chi connectivity index (χ0) is 11.8. The van der Waals surface area contributed by atoms with E-state index in [1.54, 1.807) is 6.20 Å². The van der Waals surface area contributed by atoms with Crippen molar-refractivity contribution in [1.29, 1.82) is 0 Å². The number of nitrogens with zero attached hydrogens (tertiary/aromatic N) is 1. The van der Waals surface area contributed by atoms with Crippen molar-refractivity contribution in [1.82, 2.24) is 15.5 Å². The molecule has 1 aromatic rings. The van der Waals surface area contributed by atoms with Gasteiger partial charge in [0.05, 0.1) is 11.8 Å². The van der Waals surface area contributed by atoms with Gasteiger partial charge in [-0.15, -0.1) is 0 Å². The number of hydrogen-bond acceptors (Lipinski definition) is 2. The fourth-order valence-corrected chi connectivity index (χ4v) is 2.65. The minimum atomic E-state index is 0.0163. The lowest BCUT2D eigenvalue weighted by atomic mass is 9.98. The van der Waals surface area contributed by atoms with Gasteiger partial charge in [-0.25, -0.2) is 0 Å². The summed E-state index contributed by atoms with van der Waals surface area (Å²) in [6.45, 7) is 2.72. The monoisotopic (exact) mass is 233 g/mol. The van der Waals surface area contributed by atoms with Crippen LogP contribution >= 0.6 is 0 Å². The first kappa shape index (κ1) is 10.8. The summed E-state index contributed by atoms with van der Waals surface area (Å²) < 4.78 is 0. The molecule has 0 radical (unpaired) electrons. The Balaban J connectivity index is 1.56. The number of nitrogens with one attached hydrogen (secondary N) is 2. The van der Waals surface area contributed by atoms with Gasteiger partial charge in [-0.2, -0.15) is 5.10 Å². The van der Waals surface area contributed by atoms with E-state index >= 15 is 0 Å². The number of hydrogen-bond donors (Lipinski definition) is 2. The van der Waals surface area contributed by atoms with Crippen LogP contribution < -0.4 is 5.32 Å². The normalized spacial score (nSPS) is 19.6. The summed E-state index contributed by atoms with van der Waals surface area (Å²) in [6, 6.07) is 0. The first-order chi connectivity index (χ1) is 8.25. The second-order valence-electron chi connectivity index (χ2n) is 5.46. The average Bonchev–Trinajstić information content (AvgIpc) is 3.20. The van der Waals surface area contributed by atoms with Crippen molar-refractivity contribution in [2.24, 2.45) is 17.8 Å².